The van der Waals surface area contributed by atoms with Crippen LogP contribution in [0.15, 0.2) is 6.07 Å². The zero-order valence-corrected chi connectivity index (χ0v) is 11.0. The van der Waals surface area contributed by atoms with Crippen molar-refractivity contribution in [2.24, 2.45) is 13.0 Å². The van der Waals surface area contributed by atoms with Crippen molar-refractivity contribution < 1.29 is 0 Å². The Morgan fingerprint density at radius 3 is 2.88 bits per heavy atom. The number of aromatic nitrogens is 2. The summed E-state index contributed by atoms with van der Waals surface area (Å²) in [5.41, 5.74) is 2.39. The molecule has 1 aliphatic heterocycles. The molecule has 0 amide bonds. The molecule has 4 heteroatoms. The summed E-state index contributed by atoms with van der Waals surface area (Å²) in [6, 6.07) is 2.16. The maximum atomic E-state index is 4.35. The molecule has 0 unspecified atom stereocenters. The fourth-order valence-electron chi connectivity index (χ4n) is 2.18. The molecule has 2 heterocycles. The summed E-state index contributed by atoms with van der Waals surface area (Å²) < 4.78 is 1.97. The molecule has 3 nitrogen and oxygen atoms in total. The van der Waals surface area contributed by atoms with E-state index in [-0.39, 0.29) is 0 Å². The lowest BCUT2D eigenvalue weighted by molar-refractivity contribution is 0.443. The highest BCUT2D eigenvalue weighted by Crippen LogP contribution is 2.21. The van der Waals surface area contributed by atoms with Gasteiger partial charge >= 0.3 is 0 Å². The summed E-state index contributed by atoms with van der Waals surface area (Å²) >= 11 is 2.09. The molecule has 1 N–H and O–H groups in total. The van der Waals surface area contributed by atoms with E-state index in [2.05, 4.69) is 28.2 Å². The van der Waals surface area contributed by atoms with E-state index in [1.807, 2.05) is 18.7 Å². The van der Waals surface area contributed by atoms with E-state index in [0.717, 1.165) is 24.7 Å². The van der Waals surface area contributed by atoms with Crippen molar-refractivity contribution in [2.75, 3.05) is 18.1 Å². The van der Waals surface area contributed by atoms with Crippen molar-refractivity contribution in [3.8, 4) is 0 Å². The van der Waals surface area contributed by atoms with Crippen LogP contribution in [0.4, 0.5) is 0 Å². The van der Waals surface area contributed by atoms with Gasteiger partial charge in [-0.3, -0.25) is 4.68 Å². The van der Waals surface area contributed by atoms with Crippen molar-refractivity contribution in [3.05, 3.63) is 17.5 Å². The lowest BCUT2D eigenvalue weighted by Crippen LogP contribution is -2.26. The van der Waals surface area contributed by atoms with Gasteiger partial charge in [0.1, 0.15) is 0 Å². The summed E-state index contributed by atoms with van der Waals surface area (Å²) in [7, 11) is 2.02. The minimum atomic E-state index is 0.885. The van der Waals surface area contributed by atoms with Gasteiger partial charge in [-0.1, -0.05) is 0 Å². The van der Waals surface area contributed by atoms with E-state index in [4.69, 9.17) is 0 Å². The Bertz CT molecular complexity index is 329. The van der Waals surface area contributed by atoms with Crippen LogP contribution in [0.2, 0.25) is 0 Å². The molecular formula is C12H21N3S. The monoisotopic (exact) mass is 239 g/mol. The molecule has 90 valence electrons. The third kappa shape index (κ3) is 3.25. The van der Waals surface area contributed by atoms with Gasteiger partial charge in [0.05, 0.1) is 11.4 Å². The summed E-state index contributed by atoms with van der Waals surface area (Å²) in [5.74, 6) is 3.57. The maximum Gasteiger partial charge on any atom is 0.0597 e. The molecule has 0 saturated carbocycles. The molecule has 1 aliphatic rings. The molecule has 0 aliphatic carbocycles. The first kappa shape index (κ1) is 12.0. The average molecular weight is 239 g/mol. The number of nitrogens with zero attached hydrogens (tertiary/aromatic N) is 2. The van der Waals surface area contributed by atoms with Crippen LogP contribution < -0.4 is 5.32 Å². The standard InChI is InChI=1S/C12H21N3S/c1-10-7-12(15(2)14-10)9-13-8-11-3-5-16-6-4-11/h7,11,13H,3-6,8-9H2,1-2H3. The molecular weight excluding hydrogens is 218 g/mol. The molecule has 0 bridgehead atoms. The number of aryl methyl sites for hydroxylation is 2. The summed E-state index contributed by atoms with van der Waals surface area (Å²) in [4.78, 5) is 0. The number of rotatable bonds is 4. The first-order chi connectivity index (χ1) is 7.75. The quantitative estimate of drug-likeness (QED) is 0.871. The van der Waals surface area contributed by atoms with Crippen LogP contribution >= 0.6 is 11.8 Å². The molecule has 1 saturated heterocycles. The Balaban J connectivity index is 1.73. The fraction of sp³-hybridized carbons (Fsp3) is 0.750. The number of thioether (sulfide) groups is 1. The summed E-state index contributed by atoms with van der Waals surface area (Å²) in [6.07, 6.45) is 2.75. The Morgan fingerprint density at radius 2 is 2.25 bits per heavy atom. The molecule has 0 radical (unpaired) electrons. The third-order valence-corrected chi connectivity index (χ3v) is 4.23. The van der Waals surface area contributed by atoms with Gasteiger partial charge in [0.2, 0.25) is 0 Å². The van der Waals surface area contributed by atoms with Crippen molar-refractivity contribution in [1.82, 2.24) is 15.1 Å². The number of nitrogens with one attached hydrogen (secondary N) is 1. The molecule has 16 heavy (non-hydrogen) atoms. The minimum absolute atomic E-state index is 0.885. The highest BCUT2D eigenvalue weighted by atomic mass is 32.2. The van der Waals surface area contributed by atoms with Gasteiger partial charge in [-0.2, -0.15) is 16.9 Å². The van der Waals surface area contributed by atoms with Gasteiger partial charge in [-0.05, 0) is 49.8 Å². The SMILES string of the molecule is Cc1cc(CNCC2CCSCC2)n(C)n1. The van der Waals surface area contributed by atoms with E-state index in [1.54, 1.807) is 0 Å². The van der Waals surface area contributed by atoms with Crippen molar-refractivity contribution >= 4 is 11.8 Å². The second-order valence-electron chi connectivity index (χ2n) is 4.59. The zero-order chi connectivity index (χ0) is 11.4. The van der Waals surface area contributed by atoms with Gasteiger partial charge in [-0.15, -0.1) is 0 Å². The number of hydrogen-bond acceptors (Lipinski definition) is 3. The van der Waals surface area contributed by atoms with Crippen LogP contribution in [0.5, 0.6) is 0 Å². The van der Waals surface area contributed by atoms with Crippen LogP contribution in [0.3, 0.4) is 0 Å². The van der Waals surface area contributed by atoms with Crippen LogP contribution in [0.1, 0.15) is 24.2 Å². The Morgan fingerprint density at radius 1 is 1.50 bits per heavy atom. The molecule has 1 aromatic heterocycles. The van der Waals surface area contributed by atoms with Crippen molar-refractivity contribution in [2.45, 2.75) is 26.3 Å². The largest absolute Gasteiger partial charge is 0.311 e. The zero-order valence-electron chi connectivity index (χ0n) is 10.2. The Hall–Kier alpha value is -0.480. The average Bonchev–Trinajstić information content (AvgIpc) is 2.59. The van der Waals surface area contributed by atoms with Crippen molar-refractivity contribution in [3.63, 3.8) is 0 Å². The lowest BCUT2D eigenvalue weighted by atomic mass is 10.0. The molecule has 0 aromatic carbocycles. The summed E-state index contributed by atoms with van der Waals surface area (Å²) in [5, 5.41) is 7.91. The van der Waals surface area contributed by atoms with Crippen LogP contribution in [0, 0.1) is 12.8 Å². The highest BCUT2D eigenvalue weighted by Gasteiger charge is 2.13. The predicted molar refractivity (Wildman–Crippen MR) is 69.7 cm³/mol. The van der Waals surface area contributed by atoms with Gasteiger partial charge in [0.15, 0.2) is 0 Å². The Labute approximate surface area is 102 Å². The van der Waals surface area contributed by atoms with Crippen LogP contribution in [-0.4, -0.2) is 27.8 Å². The topological polar surface area (TPSA) is 29.9 Å². The molecule has 0 spiro atoms. The predicted octanol–water partition coefficient (Wildman–Crippen LogP) is 1.96. The van der Waals surface area contributed by atoms with Crippen molar-refractivity contribution in [1.29, 1.82) is 0 Å². The maximum absolute atomic E-state index is 4.35. The normalized spacial score (nSPS) is 17.9. The molecule has 1 aromatic rings. The second kappa shape index (κ2) is 5.73. The lowest BCUT2D eigenvalue weighted by Gasteiger charge is -2.21. The summed E-state index contributed by atoms with van der Waals surface area (Å²) in [6.45, 7) is 4.15. The van der Waals surface area contributed by atoms with Crippen LogP contribution in [0.25, 0.3) is 0 Å². The minimum Gasteiger partial charge on any atom is -0.311 e. The first-order valence-corrected chi connectivity index (χ1v) is 7.19. The van der Waals surface area contributed by atoms with E-state index >= 15 is 0 Å². The first-order valence-electron chi connectivity index (χ1n) is 6.03. The molecule has 2 rings (SSSR count). The van der Waals surface area contributed by atoms with E-state index in [1.165, 1.54) is 30.0 Å². The van der Waals surface area contributed by atoms with Crippen LogP contribution in [-0.2, 0) is 13.6 Å². The molecule has 0 atom stereocenters. The smallest absolute Gasteiger partial charge is 0.0597 e. The van der Waals surface area contributed by atoms with Gasteiger partial charge in [0.25, 0.3) is 0 Å². The highest BCUT2D eigenvalue weighted by molar-refractivity contribution is 7.99. The van der Waals surface area contributed by atoms with Gasteiger partial charge in [-0.25, -0.2) is 0 Å². The third-order valence-electron chi connectivity index (χ3n) is 3.18. The second-order valence-corrected chi connectivity index (χ2v) is 5.81. The van der Waals surface area contributed by atoms with Gasteiger partial charge in [0, 0.05) is 13.6 Å². The number of hydrogen-bond donors (Lipinski definition) is 1. The van der Waals surface area contributed by atoms with E-state index in [0.29, 0.717) is 0 Å². The van der Waals surface area contributed by atoms with Gasteiger partial charge < -0.3 is 5.32 Å². The fourth-order valence-corrected chi connectivity index (χ4v) is 3.39. The van der Waals surface area contributed by atoms with E-state index in [9.17, 15) is 0 Å². The Kier molecular flexibility index (Phi) is 4.29. The molecule has 1 fully saturated rings. The van der Waals surface area contributed by atoms with E-state index < -0.39 is 0 Å².